The Morgan fingerprint density at radius 1 is 1.06 bits per heavy atom. The van der Waals surface area contributed by atoms with Crippen LogP contribution in [0.15, 0.2) is 83.4 Å². The number of para-hydroxylation sites is 1. The Bertz CT molecular complexity index is 1370. The third kappa shape index (κ3) is 5.37. The molecule has 0 radical (unpaired) electrons. The molecule has 1 aliphatic heterocycles. The molecule has 1 atom stereocenters. The molecule has 182 valence electrons. The molecule has 5 nitrogen and oxygen atoms in total. The van der Waals surface area contributed by atoms with Gasteiger partial charge in [-0.25, -0.2) is 0 Å². The minimum atomic E-state index is -0.526. The largest absolute Gasteiger partial charge is 0.321 e. The van der Waals surface area contributed by atoms with E-state index in [2.05, 4.69) is 31.3 Å². The molecule has 0 saturated carbocycles. The predicted octanol–water partition coefficient (Wildman–Crippen LogP) is 6.49. The van der Waals surface area contributed by atoms with Crippen LogP contribution in [0.4, 0.5) is 11.4 Å². The second-order valence-electron chi connectivity index (χ2n) is 9.28. The Kier molecular flexibility index (Phi) is 7.61. The fourth-order valence-corrected chi connectivity index (χ4v) is 5.49. The van der Waals surface area contributed by atoms with Gasteiger partial charge in [-0.1, -0.05) is 85.8 Å². The summed E-state index contributed by atoms with van der Waals surface area (Å²) in [6, 6.07) is 25.3. The van der Waals surface area contributed by atoms with Gasteiger partial charge in [0.25, 0.3) is 5.91 Å². The van der Waals surface area contributed by atoms with Gasteiger partial charge in [-0.3, -0.25) is 14.5 Å². The summed E-state index contributed by atoms with van der Waals surface area (Å²) in [5, 5.41) is 12.8. The zero-order valence-electron chi connectivity index (χ0n) is 20.9. The Morgan fingerprint density at radius 2 is 1.78 bits per heavy atom. The molecule has 1 heterocycles. The van der Waals surface area contributed by atoms with Crippen molar-refractivity contribution in [2.75, 3.05) is 10.2 Å². The second kappa shape index (κ2) is 10.8. The number of nitrogens with zero attached hydrogens (tertiary/aromatic N) is 2. The van der Waals surface area contributed by atoms with E-state index >= 15 is 0 Å². The maximum Gasteiger partial charge on any atom is 0.269 e. The van der Waals surface area contributed by atoms with Gasteiger partial charge in [0.2, 0.25) is 5.91 Å². The molecule has 1 saturated heterocycles. The molecule has 3 aromatic carbocycles. The number of amides is 2. The van der Waals surface area contributed by atoms with Crippen LogP contribution >= 0.6 is 11.8 Å². The van der Waals surface area contributed by atoms with Gasteiger partial charge >= 0.3 is 0 Å². The Morgan fingerprint density at radius 3 is 2.42 bits per heavy atom. The quantitative estimate of drug-likeness (QED) is 0.313. The van der Waals surface area contributed by atoms with Gasteiger partial charge < -0.3 is 5.32 Å². The monoisotopic (exact) mass is 495 g/mol. The number of hydrogen-bond donors (Lipinski definition) is 1. The van der Waals surface area contributed by atoms with Gasteiger partial charge in [-0.05, 0) is 61.1 Å². The summed E-state index contributed by atoms with van der Waals surface area (Å²) in [5.41, 5.74) is 5.41. The number of rotatable bonds is 6. The molecular formula is C30H29N3O2S. The lowest BCUT2D eigenvalue weighted by molar-refractivity contribution is -0.117. The molecule has 1 N–H and O–H groups in total. The van der Waals surface area contributed by atoms with E-state index < -0.39 is 11.2 Å². The fraction of sp³-hybridized carbons (Fsp3) is 0.233. The van der Waals surface area contributed by atoms with Crippen LogP contribution in [-0.4, -0.2) is 17.1 Å². The predicted molar refractivity (Wildman–Crippen MR) is 147 cm³/mol. The average Bonchev–Trinajstić information content (AvgIpc) is 3.16. The summed E-state index contributed by atoms with van der Waals surface area (Å²) < 4.78 is 0. The van der Waals surface area contributed by atoms with E-state index in [1.807, 2.05) is 74.5 Å². The number of thioether (sulfide) groups is 1. The van der Waals surface area contributed by atoms with E-state index in [1.165, 1.54) is 16.7 Å². The highest BCUT2D eigenvalue weighted by atomic mass is 32.2. The first kappa shape index (κ1) is 25.3. The summed E-state index contributed by atoms with van der Waals surface area (Å²) >= 11 is 1.28. The summed E-state index contributed by atoms with van der Waals surface area (Å²) in [4.78, 5) is 28.5. The van der Waals surface area contributed by atoms with Crippen molar-refractivity contribution in [3.8, 4) is 6.07 Å². The molecule has 0 bridgehead atoms. The van der Waals surface area contributed by atoms with Gasteiger partial charge in [0.1, 0.15) is 16.7 Å². The van der Waals surface area contributed by atoms with Crippen LogP contribution in [0.1, 0.15) is 42.0 Å². The van der Waals surface area contributed by atoms with Crippen LogP contribution in [0, 0.1) is 25.2 Å². The number of hydrogen-bond acceptors (Lipinski definition) is 4. The minimum absolute atomic E-state index is 0.0729. The third-order valence-electron chi connectivity index (χ3n) is 6.22. The van der Waals surface area contributed by atoms with Crippen molar-refractivity contribution in [3.63, 3.8) is 0 Å². The number of carbonyl (C=O) groups is 2. The number of anilines is 2. The molecular weight excluding hydrogens is 466 g/mol. The first-order chi connectivity index (χ1) is 17.3. The molecule has 1 aliphatic rings. The number of nitrogens with one attached hydrogen (secondary N) is 1. The van der Waals surface area contributed by atoms with Crippen molar-refractivity contribution in [1.29, 1.82) is 5.26 Å². The highest BCUT2D eigenvalue weighted by Gasteiger charge is 2.40. The molecule has 0 aromatic heterocycles. The molecule has 1 fully saturated rings. The molecule has 1 unspecified atom stereocenters. The van der Waals surface area contributed by atoms with Crippen molar-refractivity contribution in [2.45, 2.75) is 45.3 Å². The molecule has 2 amide bonds. The van der Waals surface area contributed by atoms with Crippen molar-refractivity contribution >= 4 is 35.0 Å². The lowest BCUT2D eigenvalue weighted by Crippen LogP contribution is -2.31. The normalized spacial score (nSPS) is 16.7. The minimum Gasteiger partial charge on any atom is -0.321 e. The lowest BCUT2D eigenvalue weighted by atomic mass is 10.0. The van der Waals surface area contributed by atoms with Gasteiger partial charge in [-0.2, -0.15) is 5.26 Å². The third-order valence-corrected chi connectivity index (χ3v) is 7.48. The standard InChI is InChI=1S/C30H29N3O2S/c1-19(2)23-12-14-24(15-13-23)33-29(35)27(17-22-10-7-8-20(3)16-22)36-30(33)25(18-31)28(34)32-26-11-6-5-9-21(26)4/h5-16,19,27H,17H2,1-4H3,(H,32,34)/b30-25-. The van der Waals surface area contributed by atoms with Gasteiger partial charge in [-0.15, -0.1) is 0 Å². The summed E-state index contributed by atoms with van der Waals surface area (Å²) in [7, 11) is 0. The number of benzene rings is 3. The highest BCUT2D eigenvalue weighted by molar-refractivity contribution is 8.05. The smallest absolute Gasteiger partial charge is 0.269 e. The van der Waals surface area contributed by atoms with Gasteiger partial charge in [0.15, 0.2) is 0 Å². The molecule has 4 rings (SSSR count). The molecule has 3 aromatic rings. The van der Waals surface area contributed by atoms with Crippen molar-refractivity contribution in [1.82, 2.24) is 0 Å². The van der Waals surface area contributed by atoms with Crippen LogP contribution in [0.2, 0.25) is 0 Å². The van der Waals surface area contributed by atoms with Crippen LogP contribution in [0.25, 0.3) is 0 Å². The van der Waals surface area contributed by atoms with Crippen molar-refractivity contribution < 1.29 is 9.59 Å². The molecule has 6 heteroatoms. The first-order valence-corrected chi connectivity index (χ1v) is 12.8. The molecule has 0 spiro atoms. The first-order valence-electron chi connectivity index (χ1n) is 12.0. The van der Waals surface area contributed by atoms with Crippen molar-refractivity contribution in [3.05, 3.63) is 106 Å². The van der Waals surface area contributed by atoms with E-state index in [-0.39, 0.29) is 11.5 Å². The summed E-state index contributed by atoms with van der Waals surface area (Å²) in [5.74, 6) is -0.311. The molecule has 36 heavy (non-hydrogen) atoms. The Balaban J connectivity index is 1.74. The maximum absolute atomic E-state index is 13.7. The van der Waals surface area contributed by atoms with Crippen LogP contribution in [0.5, 0.6) is 0 Å². The second-order valence-corrected chi connectivity index (χ2v) is 10.5. The van der Waals surface area contributed by atoms with E-state index in [9.17, 15) is 14.9 Å². The van der Waals surface area contributed by atoms with Gasteiger partial charge in [0.05, 0.1) is 5.25 Å². The van der Waals surface area contributed by atoms with E-state index in [0.717, 1.165) is 22.3 Å². The van der Waals surface area contributed by atoms with Gasteiger partial charge in [0, 0.05) is 11.4 Å². The number of nitriles is 1. The zero-order chi connectivity index (χ0) is 25.8. The summed E-state index contributed by atoms with van der Waals surface area (Å²) in [6.45, 7) is 8.13. The Hall–Kier alpha value is -3.82. The lowest BCUT2D eigenvalue weighted by Gasteiger charge is -2.19. The zero-order valence-corrected chi connectivity index (χ0v) is 21.7. The van der Waals surface area contributed by atoms with E-state index in [0.29, 0.717) is 28.7 Å². The average molecular weight is 496 g/mol. The fourth-order valence-electron chi connectivity index (χ4n) is 4.18. The van der Waals surface area contributed by atoms with Crippen LogP contribution in [-0.2, 0) is 16.0 Å². The topological polar surface area (TPSA) is 73.2 Å². The maximum atomic E-state index is 13.7. The Labute approximate surface area is 216 Å². The van der Waals surface area contributed by atoms with E-state index in [4.69, 9.17) is 0 Å². The number of carbonyl (C=O) groups excluding carboxylic acids is 2. The van der Waals surface area contributed by atoms with Crippen molar-refractivity contribution in [2.24, 2.45) is 0 Å². The van der Waals surface area contributed by atoms with Crippen LogP contribution in [0.3, 0.4) is 0 Å². The van der Waals surface area contributed by atoms with E-state index in [1.54, 1.807) is 6.07 Å². The number of aryl methyl sites for hydroxylation is 2. The highest BCUT2D eigenvalue weighted by Crippen LogP contribution is 2.42. The molecule has 0 aliphatic carbocycles. The summed E-state index contributed by atoms with van der Waals surface area (Å²) in [6.07, 6.45) is 0.507. The SMILES string of the molecule is Cc1cccc(CC2S/C(=C(/C#N)C(=O)Nc3ccccc3C)N(c3ccc(C(C)C)cc3)C2=O)c1. The van der Waals surface area contributed by atoms with Crippen LogP contribution < -0.4 is 10.2 Å².